The van der Waals surface area contributed by atoms with Crippen molar-refractivity contribution in [2.24, 2.45) is 5.73 Å². The van der Waals surface area contributed by atoms with Crippen LogP contribution in [-0.2, 0) is 0 Å². The molecule has 2 rings (SSSR count). The summed E-state index contributed by atoms with van der Waals surface area (Å²) in [5, 5.41) is 0. The Balaban J connectivity index is 2.31. The monoisotopic (exact) mass is 175 g/mol. The molecule has 1 aliphatic rings. The van der Waals surface area contributed by atoms with Crippen molar-refractivity contribution in [3.05, 3.63) is 35.4 Å². The van der Waals surface area contributed by atoms with E-state index in [1.165, 1.54) is 30.4 Å². The van der Waals surface area contributed by atoms with Gasteiger partial charge in [0.2, 0.25) is 0 Å². The van der Waals surface area contributed by atoms with Gasteiger partial charge in [0.25, 0.3) is 0 Å². The van der Waals surface area contributed by atoms with Crippen molar-refractivity contribution in [3.8, 4) is 0 Å². The lowest BCUT2D eigenvalue weighted by molar-refractivity contribution is 0.416. The van der Waals surface area contributed by atoms with Crippen molar-refractivity contribution in [3.63, 3.8) is 0 Å². The van der Waals surface area contributed by atoms with Crippen molar-refractivity contribution in [1.29, 1.82) is 0 Å². The Bertz CT molecular complexity index is 287. The fourth-order valence-electron chi connectivity index (χ4n) is 2.02. The van der Waals surface area contributed by atoms with Gasteiger partial charge in [0, 0.05) is 6.04 Å². The third-order valence-electron chi connectivity index (χ3n) is 3.03. The molecule has 0 aliphatic heterocycles. The minimum absolute atomic E-state index is 0.178. The lowest BCUT2D eigenvalue weighted by Crippen LogP contribution is -2.15. The summed E-state index contributed by atoms with van der Waals surface area (Å²) in [6.45, 7) is 2.07. The van der Waals surface area contributed by atoms with Crippen LogP contribution in [0.2, 0.25) is 0 Å². The first-order valence-electron chi connectivity index (χ1n) is 5.13. The largest absolute Gasteiger partial charge is 0.324 e. The third-order valence-corrected chi connectivity index (χ3v) is 3.03. The maximum Gasteiger partial charge on any atom is 0.0268 e. The Hall–Kier alpha value is -0.820. The molecular formula is C12H17N. The number of hydrogen-bond acceptors (Lipinski definition) is 1. The predicted octanol–water partition coefficient (Wildman–Crippen LogP) is 2.97. The molecule has 1 aromatic carbocycles. The molecule has 1 aromatic rings. The highest BCUT2D eigenvalue weighted by Crippen LogP contribution is 2.38. The van der Waals surface area contributed by atoms with Crippen molar-refractivity contribution < 1.29 is 0 Å². The van der Waals surface area contributed by atoms with E-state index in [1.54, 1.807) is 0 Å². The van der Waals surface area contributed by atoms with Gasteiger partial charge in [-0.05, 0) is 36.8 Å². The first-order chi connectivity index (χ1) is 6.29. The molecule has 0 radical (unpaired) electrons. The summed E-state index contributed by atoms with van der Waals surface area (Å²) in [4.78, 5) is 0. The molecule has 2 N–H and O–H groups in total. The molecule has 1 saturated carbocycles. The zero-order valence-electron chi connectivity index (χ0n) is 8.16. The van der Waals surface area contributed by atoms with Gasteiger partial charge in [-0.2, -0.15) is 0 Å². The van der Waals surface area contributed by atoms with Crippen LogP contribution in [0.15, 0.2) is 24.3 Å². The van der Waals surface area contributed by atoms with E-state index in [-0.39, 0.29) is 6.04 Å². The van der Waals surface area contributed by atoms with Crippen molar-refractivity contribution in [1.82, 2.24) is 0 Å². The zero-order chi connectivity index (χ0) is 9.26. The van der Waals surface area contributed by atoms with Gasteiger partial charge in [-0.15, -0.1) is 0 Å². The summed E-state index contributed by atoms with van der Waals surface area (Å²) in [6, 6.07) is 8.79. The third kappa shape index (κ3) is 1.61. The average Bonchev–Trinajstić information content (AvgIpc) is 2.02. The molecular weight excluding hydrogens is 158 g/mol. The van der Waals surface area contributed by atoms with E-state index in [2.05, 4.69) is 31.2 Å². The summed E-state index contributed by atoms with van der Waals surface area (Å²) in [6.07, 6.45) is 4.09. The highest BCUT2D eigenvalue weighted by Gasteiger charge is 2.22. The maximum absolute atomic E-state index is 5.93. The van der Waals surface area contributed by atoms with Gasteiger partial charge in [0.05, 0.1) is 0 Å². The lowest BCUT2D eigenvalue weighted by atomic mass is 9.77. The van der Waals surface area contributed by atoms with Crippen molar-refractivity contribution in [2.45, 2.75) is 38.1 Å². The first kappa shape index (κ1) is 8.76. The van der Waals surface area contributed by atoms with Gasteiger partial charge >= 0.3 is 0 Å². The van der Waals surface area contributed by atoms with Crippen LogP contribution in [0.5, 0.6) is 0 Å². The topological polar surface area (TPSA) is 26.0 Å². The summed E-state index contributed by atoms with van der Waals surface area (Å²) >= 11 is 0. The van der Waals surface area contributed by atoms with E-state index in [0.717, 1.165) is 5.92 Å². The Kier molecular flexibility index (Phi) is 2.36. The second kappa shape index (κ2) is 3.51. The van der Waals surface area contributed by atoms with Crippen molar-refractivity contribution in [2.75, 3.05) is 0 Å². The van der Waals surface area contributed by atoms with E-state index in [1.807, 2.05) is 0 Å². The van der Waals surface area contributed by atoms with Gasteiger partial charge in [0.1, 0.15) is 0 Å². The molecule has 1 heteroatoms. The molecule has 0 aromatic heterocycles. The van der Waals surface area contributed by atoms with E-state index >= 15 is 0 Å². The van der Waals surface area contributed by atoms with Crippen LogP contribution in [0, 0.1) is 0 Å². The molecule has 1 unspecified atom stereocenters. The fourth-order valence-corrected chi connectivity index (χ4v) is 2.02. The minimum atomic E-state index is 0.178. The summed E-state index contributed by atoms with van der Waals surface area (Å²) in [5.41, 5.74) is 8.76. The van der Waals surface area contributed by atoms with E-state index in [9.17, 15) is 0 Å². The van der Waals surface area contributed by atoms with Crippen LogP contribution >= 0.6 is 0 Å². The van der Waals surface area contributed by atoms with Gasteiger partial charge in [-0.1, -0.05) is 30.7 Å². The standard InChI is InChI=1S/C12H17N/c1-9(13)11-7-2-3-8-12(11)10-5-4-6-10/h2-3,7-10H,4-6,13H2,1H3. The number of nitrogens with two attached hydrogens (primary N) is 1. The second-order valence-electron chi connectivity index (χ2n) is 4.05. The van der Waals surface area contributed by atoms with Gasteiger partial charge in [-0.3, -0.25) is 0 Å². The van der Waals surface area contributed by atoms with Gasteiger partial charge in [0.15, 0.2) is 0 Å². The molecule has 1 fully saturated rings. The Labute approximate surface area is 80.0 Å². The van der Waals surface area contributed by atoms with Crippen LogP contribution < -0.4 is 5.73 Å². The summed E-state index contributed by atoms with van der Waals surface area (Å²) in [7, 11) is 0. The predicted molar refractivity (Wildman–Crippen MR) is 55.6 cm³/mol. The normalized spacial score (nSPS) is 19.5. The molecule has 70 valence electrons. The zero-order valence-corrected chi connectivity index (χ0v) is 8.16. The van der Waals surface area contributed by atoms with Crippen LogP contribution in [0.25, 0.3) is 0 Å². The molecule has 1 nitrogen and oxygen atoms in total. The van der Waals surface area contributed by atoms with E-state index in [4.69, 9.17) is 5.73 Å². The number of rotatable bonds is 2. The Morgan fingerprint density at radius 1 is 1.31 bits per heavy atom. The quantitative estimate of drug-likeness (QED) is 0.734. The molecule has 0 amide bonds. The lowest BCUT2D eigenvalue weighted by Gasteiger charge is -2.28. The highest BCUT2D eigenvalue weighted by molar-refractivity contribution is 5.33. The molecule has 0 saturated heterocycles. The number of benzene rings is 1. The number of hydrogen-bond donors (Lipinski definition) is 1. The molecule has 0 heterocycles. The highest BCUT2D eigenvalue weighted by atomic mass is 14.6. The van der Waals surface area contributed by atoms with Gasteiger partial charge < -0.3 is 5.73 Å². The van der Waals surface area contributed by atoms with Crippen LogP contribution in [-0.4, -0.2) is 0 Å². The van der Waals surface area contributed by atoms with Crippen LogP contribution in [0.1, 0.15) is 49.3 Å². The molecule has 1 atom stereocenters. The van der Waals surface area contributed by atoms with E-state index < -0.39 is 0 Å². The SMILES string of the molecule is CC(N)c1ccccc1C1CCC1. The molecule has 0 bridgehead atoms. The average molecular weight is 175 g/mol. The first-order valence-corrected chi connectivity index (χ1v) is 5.13. The molecule has 0 spiro atoms. The molecule has 1 aliphatic carbocycles. The summed E-state index contributed by atoms with van der Waals surface area (Å²) < 4.78 is 0. The Morgan fingerprint density at radius 2 is 2.00 bits per heavy atom. The second-order valence-corrected chi connectivity index (χ2v) is 4.05. The van der Waals surface area contributed by atoms with Crippen LogP contribution in [0.3, 0.4) is 0 Å². The van der Waals surface area contributed by atoms with Crippen molar-refractivity contribution >= 4 is 0 Å². The van der Waals surface area contributed by atoms with Crippen LogP contribution in [0.4, 0.5) is 0 Å². The maximum atomic E-state index is 5.93. The summed E-state index contributed by atoms with van der Waals surface area (Å²) in [5.74, 6) is 0.794. The molecule has 13 heavy (non-hydrogen) atoms. The smallest absolute Gasteiger partial charge is 0.0268 e. The van der Waals surface area contributed by atoms with E-state index in [0.29, 0.717) is 0 Å². The fraction of sp³-hybridized carbons (Fsp3) is 0.500. The van der Waals surface area contributed by atoms with Gasteiger partial charge in [-0.25, -0.2) is 0 Å². The Morgan fingerprint density at radius 3 is 2.54 bits per heavy atom. The minimum Gasteiger partial charge on any atom is -0.324 e.